The maximum absolute atomic E-state index is 13.4. The van der Waals surface area contributed by atoms with Gasteiger partial charge in [0.25, 0.3) is 5.91 Å². The summed E-state index contributed by atoms with van der Waals surface area (Å²) in [5.74, 6) is -0.205. The smallest absolute Gasteiger partial charge is 0.338 e. The SMILES string of the molecule is CCCCOC(=O)c1ccc(NC(=O)c2cccc(N3C(=O)[C@@H]4[C@H]5C=C[C@@H]([C@@H]6C[C@@H]56)[C@@H]4C3=O)c2)cc1. The van der Waals surface area contributed by atoms with E-state index in [0.29, 0.717) is 40.9 Å². The van der Waals surface area contributed by atoms with Crippen molar-refractivity contribution >= 4 is 35.1 Å². The highest BCUT2D eigenvalue weighted by molar-refractivity contribution is 6.23. The molecule has 184 valence electrons. The predicted octanol–water partition coefficient (Wildman–Crippen LogP) is 4.45. The fourth-order valence-corrected chi connectivity index (χ4v) is 6.28. The van der Waals surface area contributed by atoms with Crippen molar-refractivity contribution in [1.82, 2.24) is 0 Å². The van der Waals surface area contributed by atoms with E-state index in [2.05, 4.69) is 17.5 Å². The van der Waals surface area contributed by atoms with Crippen molar-refractivity contribution in [2.75, 3.05) is 16.8 Å². The highest BCUT2D eigenvalue weighted by Gasteiger charge is 2.67. The first-order valence-electron chi connectivity index (χ1n) is 12.7. The van der Waals surface area contributed by atoms with Gasteiger partial charge in [0.05, 0.1) is 29.7 Å². The maximum Gasteiger partial charge on any atom is 0.338 e. The van der Waals surface area contributed by atoms with Crippen molar-refractivity contribution in [2.45, 2.75) is 26.2 Å². The van der Waals surface area contributed by atoms with Crippen molar-refractivity contribution in [2.24, 2.45) is 35.5 Å². The zero-order valence-electron chi connectivity index (χ0n) is 20.1. The lowest BCUT2D eigenvalue weighted by molar-refractivity contribution is -0.124. The summed E-state index contributed by atoms with van der Waals surface area (Å²) >= 11 is 0. The van der Waals surface area contributed by atoms with E-state index in [0.717, 1.165) is 19.3 Å². The second-order valence-electron chi connectivity index (χ2n) is 10.2. The zero-order chi connectivity index (χ0) is 25.0. The molecular weight excluding hydrogens is 456 g/mol. The number of rotatable bonds is 7. The minimum atomic E-state index is -0.393. The third-order valence-corrected chi connectivity index (χ3v) is 8.14. The molecular formula is C29H28N2O5. The summed E-state index contributed by atoms with van der Waals surface area (Å²) in [6.07, 6.45) is 7.17. The summed E-state index contributed by atoms with van der Waals surface area (Å²) in [4.78, 5) is 53.1. The van der Waals surface area contributed by atoms with Gasteiger partial charge in [-0.2, -0.15) is 0 Å². The largest absolute Gasteiger partial charge is 0.462 e. The van der Waals surface area contributed by atoms with Gasteiger partial charge in [-0.05, 0) is 79.0 Å². The van der Waals surface area contributed by atoms with Crippen LogP contribution in [0.4, 0.5) is 11.4 Å². The minimum absolute atomic E-state index is 0.145. The minimum Gasteiger partial charge on any atom is -0.462 e. The van der Waals surface area contributed by atoms with Crippen LogP contribution in [0.15, 0.2) is 60.7 Å². The van der Waals surface area contributed by atoms with Gasteiger partial charge in [0.15, 0.2) is 0 Å². The van der Waals surface area contributed by atoms with Crippen LogP contribution < -0.4 is 10.2 Å². The van der Waals surface area contributed by atoms with E-state index in [1.165, 1.54) is 4.90 Å². The molecule has 0 unspecified atom stereocenters. The average molecular weight is 485 g/mol. The fraction of sp³-hybridized carbons (Fsp3) is 0.379. The number of amides is 3. The first-order valence-corrected chi connectivity index (χ1v) is 12.7. The van der Waals surface area contributed by atoms with Crippen molar-refractivity contribution in [3.05, 3.63) is 71.8 Å². The Bertz CT molecular complexity index is 1250. The molecule has 2 aromatic rings. The van der Waals surface area contributed by atoms with Crippen LogP contribution in [0.5, 0.6) is 0 Å². The molecule has 2 saturated carbocycles. The molecule has 5 aliphatic rings. The second kappa shape index (κ2) is 8.73. The van der Waals surface area contributed by atoms with Gasteiger partial charge >= 0.3 is 5.97 Å². The molecule has 1 heterocycles. The first-order chi connectivity index (χ1) is 17.5. The molecule has 0 radical (unpaired) electrons. The van der Waals surface area contributed by atoms with Gasteiger partial charge in [-0.25, -0.2) is 9.69 Å². The van der Waals surface area contributed by atoms with Crippen LogP contribution in [0.3, 0.4) is 0 Å². The number of anilines is 2. The summed E-state index contributed by atoms with van der Waals surface area (Å²) in [5.41, 5.74) is 1.72. The Hall–Kier alpha value is -3.74. The summed E-state index contributed by atoms with van der Waals surface area (Å²) in [6, 6.07) is 13.1. The highest BCUT2D eigenvalue weighted by Crippen LogP contribution is 2.65. The fourth-order valence-electron chi connectivity index (χ4n) is 6.28. The number of carbonyl (C=O) groups excluding carboxylic acids is 4. The molecule has 7 rings (SSSR count). The van der Waals surface area contributed by atoms with Gasteiger partial charge in [0, 0.05) is 11.3 Å². The summed E-state index contributed by atoms with van der Waals surface area (Å²) in [6.45, 7) is 2.41. The third-order valence-electron chi connectivity index (χ3n) is 8.14. The topological polar surface area (TPSA) is 92.8 Å². The van der Waals surface area contributed by atoms with E-state index in [9.17, 15) is 19.2 Å². The standard InChI is InChI=1S/C29H28N2O5/c1-2-3-13-36-29(35)16-7-9-18(10-8-16)30-26(32)17-5-4-6-19(14-17)31-27(33)24-20-11-12-21(23-15-22(20)23)25(24)28(31)34/h4-12,14,20-25H,2-3,13,15H2,1H3,(H,30,32)/t20-,21-,22-,23-,24-,25+/m0/s1. The molecule has 0 spiro atoms. The first kappa shape index (κ1) is 22.7. The zero-order valence-corrected chi connectivity index (χ0v) is 20.1. The Morgan fingerprint density at radius 1 is 0.944 bits per heavy atom. The van der Waals surface area contributed by atoms with Crippen LogP contribution in [0, 0.1) is 35.5 Å². The van der Waals surface area contributed by atoms with Gasteiger partial charge in [0.2, 0.25) is 11.8 Å². The number of carbonyl (C=O) groups is 4. The average Bonchev–Trinajstić information content (AvgIpc) is 3.67. The maximum atomic E-state index is 13.4. The number of unbranched alkanes of at least 4 members (excludes halogenated alkanes) is 1. The van der Waals surface area contributed by atoms with Gasteiger partial charge in [0.1, 0.15) is 0 Å². The Labute approximate surface area is 209 Å². The van der Waals surface area contributed by atoms with Gasteiger partial charge in [-0.3, -0.25) is 14.4 Å². The van der Waals surface area contributed by atoms with Crippen molar-refractivity contribution in [1.29, 1.82) is 0 Å². The van der Waals surface area contributed by atoms with E-state index in [4.69, 9.17) is 4.74 Å². The van der Waals surface area contributed by atoms with Gasteiger partial charge in [-0.15, -0.1) is 0 Å². The number of nitrogens with zero attached hydrogens (tertiary/aromatic N) is 1. The molecule has 2 aromatic carbocycles. The Kier molecular flexibility index (Phi) is 5.51. The van der Waals surface area contributed by atoms with Gasteiger partial charge < -0.3 is 10.1 Å². The van der Waals surface area contributed by atoms with Crippen LogP contribution in [0.25, 0.3) is 0 Å². The molecule has 0 aromatic heterocycles. The molecule has 7 heteroatoms. The van der Waals surface area contributed by atoms with Crippen LogP contribution >= 0.6 is 0 Å². The molecule has 1 N–H and O–H groups in total. The molecule has 1 aliphatic heterocycles. The van der Waals surface area contributed by atoms with Crippen molar-refractivity contribution < 1.29 is 23.9 Å². The molecule has 36 heavy (non-hydrogen) atoms. The van der Waals surface area contributed by atoms with E-state index in [1.807, 2.05) is 6.92 Å². The number of allylic oxidation sites excluding steroid dienone is 2. The normalized spacial score (nSPS) is 29.1. The lowest BCUT2D eigenvalue weighted by atomic mass is 9.63. The third kappa shape index (κ3) is 3.65. The van der Waals surface area contributed by atoms with Crippen molar-refractivity contribution in [3.8, 4) is 0 Å². The van der Waals surface area contributed by atoms with Gasteiger partial charge in [-0.1, -0.05) is 31.6 Å². The number of ether oxygens (including phenoxy) is 1. The predicted molar refractivity (Wildman–Crippen MR) is 133 cm³/mol. The number of imide groups is 1. The molecule has 1 saturated heterocycles. The van der Waals surface area contributed by atoms with Crippen LogP contribution in [0.1, 0.15) is 46.9 Å². The second-order valence-corrected chi connectivity index (χ2v) is 10.2. The molecule has 6 atom stereocenters. The highest BCUT2D eigenvalue weighted by atomic mass is 16.5. The van der Waals surface area contributed by atoms with Crippen LogP contribution in [-0.4, -0.2) is 30.3 Å². The van der Waals surface area contributed by atoms with E-state index in [1.54, 1.807) is 48.5 Å². The van der Waals surface area contributed by atoms with E-state index in [-0.39, 0.29) is 41.4 Å². The summed E-state index contributed by atoms with van der Waals surface area (Å²) in [7, 11) is 0. The Morgan fingerprint density at radius 3 is 2.25 bits per heavy atom. The van der Waals surface area contributed by atoms with E-state index < -0.39 is 5.97 Å². The number of nitrogens with one attached hydrogen (secondary N) is 1. The number of hydrogen-bond donors (Lipinski definition) is 1. The summed E-state index contributed by atoms with van der Waals surface area (Å²) in [5, 5.41) is 2.81. The Morgan fingerprint density at radius 2 is 1.61 bits per heavy atom. The molecule has 2 bridgehead atoms. The van der Waals surface area contributed by atoms with Crippen molar-refractivity contribution in [3.63, 3.8) is 0 Å². The Balaban J connectivity index is 1.15. The molecule has 4 aliphatic carbocycles. The van der Waals surface area contributed by atoms with Crippen LogP contribution in [0.2, 0.25) is 0 Å². The lowest BCUT2D eigenvalue weighted by Crippen LogP contribution is -2.40. The lowest BCUT2D eigenvalue weighted by Gasteiger charge is -2.37. The van der Waals surface area contributed by atoms with E-state index >= 15 is 0 Å². The number of benzene rings is 2. The quantitative estimate of drug-likeness (QED) is 0.271. The molecule has 7 nitrogen and oxygen atoms in total. The molecule has 3 fully saturated rings. The summed E-state index contributed by atoms with van der Waals surface area (Å²) < 4.78 is 5.21. The monoisotopic (exact) mass is 484 g/mol. The molecule has 3 amide bonds. The number of hydrogen-bond acceptors (Lipinski definition) is 5. The van der Waals surface area contributed by atoms with Crippen LogP contribution in [-0.2, 0) is 14.3 Å². The number of esters is 1.